The van der Waals surface area contributed by atoms with Gasteiger partial charge in [-0.1, -0.05) is 6.07 Å². The second-order valence-electron chi connectivity index (χ2n) is 7.26. The third-order valence-electron chi connectivity index (χ3n) is 4.83. The molecule has 0 saturated carbocycles. The largest absolute Gasteiger partial charge is 0.490 e. The highest BCUT2D eigenvalue weighted by Gasteiger charge is 2.53. The van der Waals surface area contributed by atoms with Crippen molar-refractivity contribution in [3.63, 3.8) is 0 Å². The van der Waals surface area contributed by atoms with Crippen molar-refractivity contribution < 1.29 is 36.2 Å². The summed E-state index contributed by atoms with van der Waals surface area (Å²) in [6.45, 7) is 1.64. The molecule has 8 nitrogen and oxygen atoms in total. The number of alkyl halides is 3. The zero-order chi connectivity index (χ0) is 23.4. The van der Waals surface area contributed by atoms with Crippen LogP contribution in [0, 0.1) is 0 Å². The number of hydrogen-bond acceptors (Lipinski definition) is 7. The number of sulfonamides is 1. The standard InChI is InChI=1S/C17H19N3O3S2.C2HF3O2/c21-25(22,16-4-2-6-19-9-16)20-12-17(13-20)7-15(11-24-17)23-10-14-3-1-5-18-8-14;3-2(4,5)1(6)7/h1-6,8-9,15H,7,10-13H2;(H,6,7). The first-order valence-corrected chi connectivity index (χ1v) is 11.8. The predicted molar refractivity (Wildman–Crippen MR) is 109 cm³/mol. The molecule has 13 heteroatoms. The molecule has 0 bridgehead atoms. The van der Waals surface area contributed by atoms with Gasteiger partial charge in [0.2, 0.25) is 10.0 Å². The number of aliphatic carboxylic acids is 1. The van der Waals surface area contributed by atoms with Crippen LogP contribution in [0.15, 0.2) is 53.9 Å². The molecule has 2 saturated heterocycles. The summed E-state index contributed by atoms with van der Waals surface area (Å²) in [6, 6.07) is 7.14. The Morgan fingerprint density at radius 2 is 1.84 bits per heavy atom. The first kappa shape index (κ1) is 24.4. The number of nitrogens with zero attached hydrogens (tertiary/aromatic N) is 3. The number of ether oxygens (including phenoxy) is 1. The molecule has 2 aliphatic rings. The van der Waals surface area contributed by atoms with Gasteiger partial charge in [-0.15, -0.1) is 11.8 Å². The van der Waals surface area contributed by atoms with Gasteiger partial charge in [0.15, 0.2) is 0 Å². The second-order valence-corrected chi connectivity index (χ2v) is 10.7. The van der Waals surface area contributed by atoms with Crippen LogP contribution < -0.4 is 0 Å². The van der Waals surface area contributed by atoms with E-state index in [9.17, 15) is 21.6 Å². The van der Waals surface area contributed by atoms with E-state index >= 15 is 0 Å². The summed E-state index contributed by atoms with van der Waals surface area (Å²) in [5.41, 5.74) is 1.06. The highest BCUT2D eigenvalue weighted by Crippen LogP contribution is 2.47. The van der Waals surface area contributed by atoms with E-state index in [0.717, 1.165) is 17.7 Å². The SMILES string of the molecule is O=C(O)C(F)(F)F.O=S(=O)(c1cccnc1)N1CC2(CC(OCc3cccnc3)CS2)C1. The predicted octanol–water partition coefficient (Wildman–Crippen LogP) is 2.58. The third-order valence-corrected chi connectivity index (χ3v) is 8.18. The minimum absolute atomic E-state index is 0.00508. The van der Waals surface area contributed by atoms with E-state index in [1.165, 1.54) is 6.20 Å². The molecule has 4 heterocycles. The Balaban J connectivity index is 0.000000360. The van der Waals surface area contributed by atoms with E-state index in [-0.39, 0.29) is 15.7 Å². The van der Waals surface area contributed by atoms with Crippen LogP contribution in [0.2, 0.25) is 0 Å². The number of carbonyl (C=O) groups is 1. The molecular formula is C19H20F3N3O5S2. The normalized spacial score (nSPS) is 20.3. The Hall–Kier alpha value is -2.22. The van der Waals surface area contributed by atoms with Crippen molar-refractivity contribution in [1.29, 1.82) is 0 Å². The van der Waals surface area contributed by atoms with Gasteiger partial charge < -0.3 is 9.84 Å². The van der Waals surface area contributed by atoms with Gasteiger partial charge in [-0.3, -0.25) is 9.97 Å². The lowest BCUT2D eigenvalue weighted by Crippen LogP contribution is -2.60. The Bertz CT molecular complexity index is 1020. The number of thioether (sulfide) groups is 1. The molecule has 1 spiro atoms. The fraction of sp³-hybridized carbons (Fsp3) is 0.421. The Kier molecular flexibility index (Phi) is 7.43. The lowest BCUT2D eigenvalue weighted by Gasteiger charge is -2.46. The number of hydrogen-bond donors (Lipinski definition) is 1. The highest BCUT2D eigenvalue weighted by atomic mass is 32.2. The zero-order valence-electron chi connectivity index (χ0n) is 16.6. The molecule has 1 atom stereocenters. The summed E-state index contributed by atoms with van der Waals surface area (Å²) in [6.07, 6.45) is 2.50. The number of halogens is 3. The topological polar surface area (TPSA) is 110 Å². The van der Waals surface area contributed by atoms with Gasteiger partial charge in [-0.05, 0) is 30.2 Å². The van der Waals surface area contributed by atoms with Gasteiger partial charge in [0, 0.05) is 48.4 Å². The molecule has 1 unspecified atom stereocenters. The number of pyridine rings is 2. The molecule has 0 aliphatic carbocycles. The Morgan fingerprint density at radius 3 is 2.38 bits per heavy atom. The maximum Gasteiger partial charge on any atom is 0.490 e. The highest BCUT2D eigenvalue weighted by molar-refractivity contribution is 8.01. The monoisotopic (exact) mass is 491 g/mol. The second kappa shape index (κ2) is 9.73. The molecule has 0 amide bonds. The van der Waals surface area contributed by atoms with E-state index < -0.39 is 22.2 Å². The van der Waals surface area contributed by atoms with E-state index in [1.807, 2.05) is 30.1 Å². The van der Waals surface area contributed by atoms with Crippen LogP contribution in [-0.4, -0.2) is 69.6 Å². The lowest BCUT2D eigenvalue weighted by molar-refractivity contribution is -0.192. The van der Waals surface area contributed by atoms with E-state index in [4.69, 9.17) is 14.6 Å². The molecule has 32 heavy (non-hydrogen) atoms. The summed E-state index contributed by atoms with van der Waals surface area (Å²) in [5, 5.41) is 7.12. The van der Waals surface area contributed by atoms with Gasteiger partial charge in [-0.2, -0.15) is 17.5 Å². The first-order valence-electron chi connectivity index (χ1n) is 9.37. The number of carboxylic acid groups (broad SMARTS) is 1. The van der Waals surface area contributed by atoms with Crippen LogP contribution in [0.25, 0.3) is 0 Å². The molecule has 2 aromatic rings. The van der Waals surface area contributed by atoms with Crippen LogP contribution in [0.5, 0.6) is 0 Å². The third kappa shape index (κ3) is 5.97. The lowest BCUT2D eigenvalue weighted by atomic mass is 9.95. The first-order chi connectivity index (χ1) is 15.0. The van der Waals surface area contributed by atoms with Crippen molar-refractivity contribution in [2.24, 2.45) is 0 Å². The summed E-state index contributed by atoms with van der Waals surface area (Å²) in [7, 11) is -3.43. The average Bonchev–Trinajstić information content (AvgIpc) is 3.17. The van der Waals surface area contributed by atoms with Gasteiger partial charge >= 0.3 is 12.1 Å². The zero-order valence-corrected chi connectivity index (χ0v) is 18.2. The summed E-state index contributed by atoms with van der Waals surface area (Å²) >= 11 is 1.83. The molecule has 4 rings (SSSR count). The summed E-state index contributed by atoms with van der Waals surface area (Å²) < 4.78 is 64.4. The molecule has 0 radical (unpaired) electrons. The van der Waals surface area contributed by atoms with Crippen LogP contribution in [0.4, 0.5) is 13.2 Å². The van der Waals surface area contributed by atoms with Crippen molar-refractivity contribution in [2.45, 2.75) is 35.0 Å². The minimum atomic E-state index is -5.08. The van der Waals surface area contributed by atoms with Gasteiger partial charge in [0.25, 0.3) is 0 Å². The summed E-state index contributed by atoms with van der Waals surface area (Å²) in [4.78, 5) is 17.2. The number of aromatic nitrogens is 2. The van der Waals surface area contributed by atoms with E-state index in [0.29, 0.717) is 19.7 Å². The van der Waals surface area contributed by atoms with Crippen molar-refractivity contribution in [3.8, 4) is 0 Å². The Morgan fingerprint density at radius 1 is 1.22 bits per heavy atom. The van der Waals surface area contributed by atoms with Gasteiger partial charge in [-0.25, -0.2) is 13.2 Å². The molecule has 174 valence electrons. The van der Waals surface area contributed by atoms with Crippen molar-refractivity contribution in [2.75, 3.05) is 18.8 Å². The maximum atomic E-state index is 12.6. The molecule has 2 fully saturated rings. The maximum absolute atomic E-state index is 12.6. The van der Waals surface area contributed by atoms with Crippen molar-refractivity contribution in [3.05, 3.63) is 54.6 Å². The van der Waals surface area contributed by atoms with Crippen molar-refractivity contribution >= 4 is 27.8 Å². The van der Waals surface area contributed by atoms with Crippen LogP contribution >= 0.6 is 11.8 Å². The Labute approximate surface area is 186 Å². The molecule has 2 aromatic heterocycles. The molecule has 1 N–H and O–H groups in total. The summed E-state index contributed by atoms with van der Waals surface area (Å²) in [5.74, 6) is -1.85. The fourth-order valence-corrected chi connectivity index (χ4v) is 6.53. The fourth-order valence-electron chi connectivity index (χ4n) is 3.24. The minimum Gasteiger partial charge on any atom is -0.475 e. The van der Waals surface area contributed by atoms with Gasteiger partial charge in [0.1, 0.15) is 4.90 Å². The van der Waals surface area contributed by atoms with Gasteiger partial charge in [0.05, 0.1) is 12.7 Å². The molecule has 0 aromatic carbocycles. The molecular weight excluding hydrogens is 471 g/mol. The average molecular weight is 492 g/mol. The van der Waals surface area contributed by atoms with E-state index in [2.05, 4.69) is 9.97 Å². The molecule has 2 aliphatic heterocycles. The van der Waals surface area contributed by atoms with Crippen LogP contribution in [-0.2, 0) is 26.2 Å². The van der Waals surface area contributed by atoms with Crippen LogP contribution in [0.1, 0.15) is 12.0 Å². The van der Waals surface area contributed by atoms with Crippen LogP contribution in [0.3, 0.4) is 0 Å². The smallest absolute Gasteiger partial charge is 0.475 e. The van der Waals surface area contributed by atoms with E-state index in [1.54, 1.807) is 28.8 Å². The number of carboxylic acids is 1. The number of rotatable bonds is 5. The quantitative estimate of drug-likeness (QED) is 0.680. The van der Waals surface area contributed by atoms with Crippen molar-refractivity contribution in [1.82, 2.24) is 14.3 Å².